The molecule has 1 aliphatic heterocycles. The van der Waals surface area contributed by atoms with Gasteiger partial charge in [0, 0.05) is 26.8 Å². The number of H-pyrrole nitrogens is 1. The van der Waals surface area contributed by atoms with Crippen LogP contribution in [0.3, 0.4) is 0 Å². The molecular weight excluding hydrogens is 371 g/mol. The molecule has 0 aliphatic carbocycles. The molecular formula is C13H19N4O6PS. The van der Waals surface area contributed by atoms with Crippen molar-refractivity contribution >= 4 is 36.0 Å². The van der Waals surface area contributed by atoms with Crippen LogP contribution in [0.1, 0.15) is 12.6 Å². The smallest absolute Gasteiger partial charge is 0.382 e. The van der Waals surface area contributed by atoms with E-state index in [0.717, 1.165) is 0 Å². The van der Waals surface area contributed by atoms with E-state index in [1.807, 2.05) is 0 Å². The van der Waals surface area contributed by atoms with E-state index >= 15 is 0 Å². The molecule has 3 rings (SSSR count). The molecule has 0 saturated carbocycles. The molecule has 4 atom stereocenters. The molecule has 3 N–H and O–H groups in total. The lowest BCUT2D eigenvalue weighted by Gasteiger charge is -2.20. The van der Waals surface area contributed by atoms with E-state index < -0.39 is 25.2 Å². The summed E-state index contributed by atoms with van der Waals surface area (Å²) < 4.78 is 35.0. The first-order valence-electron chi connectivity index (χ1n) is 7.42. The van der Waals surface area contributed by atoms with Gasteiger partial charge in [0.05, 0.1) is 12.0 Å². The van der Waals surface area contributed by atoms with Crippen molar-refractivity contribution in [3.05, 3.63) is 22.6 Å². The molecule has 2 aromatic heterocycles. The van der Waals surface area contributed by atoms with Crippen LogP contribution >= 0.6 is 19.0 Å². The summed E-state index contributed by atoms with van der Waals surface area (Å²) in [6.07, 6.45) is 0.481. The number of nitrogens with zero attached hydrogens (tertiary/aromatic N) is 2. The number of nitrogen functional groups attached to an aromatic ring is 1. The monoisotopic (exact) mass is 390 g/mol. The second kappa shape index (κ2) is 7.10. The Morgan fingerprint density at radius 3 is 3.00 bits per heavy atom. The fraction of sp³-hybridized carbons (Fsp3) is 0.538. The minimum atomic E-state index is -3.49. The molecule has 0 aromatic carbocycles. The summed E-state index contributed by atoms with van der Waals surface area (Å²) in [5.41, 5.74) is 5.68. The SMILES string of the molecule is COCC1OC(n2ccc3c(=O)[nH]c(N)nc32)CC1OP(=O)(S)OC. The third-order valence-corrected chi connectivity index (χ3v) is 5.69. The largest absolute Gasteiger partial charge is 0.386 e. The van der Waals surface area contributed by atoms with Crippen LogP contribution in [0.15, 0.2) is 17.1 Å². The van der Waals surface area contributed by atoms with Crippen molar-refractivity contribution < 1.29 is 23.1 Å². The number of nitrogens with one attached hydrogen (secondary N) is 1. The van der Waals surface area contributed by atoms with Crippen molar-refractivity contribution in [1.82, 2.24) is 14.5 Å². The van der Waals surface area contributed by atoms with Crippen LogP contribution in [-0.2, 0) is 23.1 Å². The average molecular weight is 390 g/mol. The number of nitrogens with two attached hydrogens (primary N) is 1. The molecule has 1 saturated heterocycles. The Kier molecular flexibility index (Phi) is 5.24. The zero-order valence-electron chi connectivity index (χ0n) is 13.6. The maximum absolute atomic E-state index is 12.0. The van der Waals surface area contributed by atoms with Gasteiger partial charge in [-0.15, -0.1) is 0 Å². The maximum atomic E-state index is 12.0. The topological polar surface area (TPSA) is 131 Å². The fourth-order valence-electron chi connectivity index (χ4n) is 2.80. The Morgan fingerprint density at radius 2 is 2.32 bits per heavy atom. The van der Waals surface area contributed by atoms with Gasteiger partial charge in [0.15, 0.2) is 5.65 Å². The molecule has 1 aliphatic rings. The molecule has 0 radical (unpaired) electrons. The Morgan fingerprint density at radius 1 is 1.56 bits per heavy atom. The van der Waals surface area contributed by atoms with Gasteiger partial charge in [-0.25, -0.2) is 4.57 Å². The molecule has 3 heterocycles. The van der Waals surface area contributed by atoms with E-state index in [-0.39, 0.29) is 18.1 Å². The van der Waals surface area contributed by atoms with E-state index in [4.69, 9.17) is 24.3 Å². The van der Waals surface area contributed by atoms with E-state index in [1.54, 1.807) is 16.8 Å². The van der Waals surface area contributed by atoms with Gasteiger partial charge < -0.3 is 24.3 Å². The van der Waals surface area contributed by atoms with Gasteiger partial charge in [-0.05, 0) is 6.07 Å². The third kappa shape index (κ3) is 3.76. The molecule has 12 heteroatoms. The lowest BCUT2D eigenvalue weighted by molar-refractivity contribution is -0.0490. The quantitative estimate of drug-likeness (QED) is 0.497. The number of anilines is 1. The number of fused-ring (bicyclic) bond motifs is 1. The van der Waals surface area contributed by atoms with Gasteiger partial charge >= 0.3 is 6.80 Å². The predicted octanol–water partition coefficient (Wildman–Crippen LogP) is 1.31. The highest BCUT2D eigenvalue weighted by atomic mass is 32.7. The number of methoxy groups -OCH3 is 1. The minimum absolute atomic E-state index is 0.0101. The molecule has 0 amide bonds. The zero-order chi connectivity index (χ0) is 18.2. The van der Waals surface area contributed by atoms with Crippen LogP contribution in [0.5, 0.6) is 0 Å². The first kappa shape index (κ1) is 18.4. The summed E-state index contributed by atoms with van der Waals surface area (Å²) in [4.78, 5) is 18.6. The number of thiol groups is 1. The second-order valence-corrected chi connectivity index (χ2v) is 8.51. The molecule has 0 spiro atoms. The molecule has 25 heavy (non-hydrogen) atoms. The van der Waals surface area contributed by atoms with Crippen molar-refractivity contribution in [2.45, 2.75) is 24.9 Å². The van der Waals surface area contributed by atoms with E-state index in [1.165, 1.54) is 14.2 Å². The van der Waals surface area contributed by atoms with Gasteiger partial charge in [-0.1, -0.05) is 12.2 Å². The summed E-state index contributed by atoms with van der Waals surface area (Å²) in [6, 6.07) is 1.63. The highest BCUT2D eigenvalue weighted by Gasteiger charge is 2.41. The Balaban J connectivity index is 1.91. The number of aromatic nitrogens is 3. The van der Waals surface area contributed by atoms with Crippen molar-refractivity contribution in [3.8, 4) is 0 Å². The Bertz CT molecular complexity index is 870. The van der Waals surface area contributed by atoms with E-state index in [0.29, 0.717) is 17.5 Å². The van der Waals surface area contributed by atoms with E-state index in [2.05, 4.69) is 22.2 Å². The van der Waals surface area contributed by atoms with Crippen LogP contribution < -0.4 is 11.3 Å². The lowest BCUT2D eigenvalue weighted by atomic mass is 10.2. The van der Waals surface area contributed by atoms with Gasteiger partial charge in [0.25, 0.3) is 5.56 Å². The summed E-state index contributed by atoms with van der Waals surface area (Å²) in [7, 11) is 2.78. The number of hydrogen-bond donors (Lipinski definition) is 3. The van der Waals surface area contributed by atoms with Crippen LogP contribution in [0.25, 0.3) is 11.0 Å². The normalized spacial score (nSPS) is 26.1. The highest BCUT2D eigenvalue weighted by Crippen LogP contribution is 2.55. The van der Waals surface area contributed by atoms with Crippen molar-refractivity contribution in [2.75, 3.05) is 26.6 Å². The van der Waals surface area contributed by atoms with Crippen LogP contribution in [0, 0.1) is 0 Å². The molecule has 10 nitrogen and oxygen atoms in total. The Labute approximate surface area is 148 Å². The fourth-order valence-corrected chi connectivity index (χ4v) is 3.82. The summed E-state index contributed by atoms with van der Waals surface area (Å²) in [6.45, 7) is -3.26. The van der Waals surface area contributed by atoms with Crippen molar-refractivity contribution in [2.24, 2.45) is 0 Å². The molecule has 4 unspecified atom stereocenters. The summed E-state index contributed by atoms with van der Waals surface area (Å²) in [5, 5.41) is 0.391. The van der Waals surface area contributed by atoms with Crippen molar-refractivity contribution in [1.29, 1.82) is 0 Å². The van der Waals surface area contributed by atoms with Gasteiger partial charge in [0.2, 0.25) is 5.95 Å². The molecule has 0 bridgehead atoms. The highest BCUT2D eigenvalue weighted by molar-refractivity contribution is 8.44. The first-order chi connectivity index (χ1) is 11.8. The summed E-state index contributed by atoms with van der Waals surface area (Å²) in [5.74, 6) is 0.0101. The lowest BCUT2D eigenvalue weighted by Crippen LogP contribution is -2.27. The standard InChI is InChI=1S/C13H19N4O6PS/c1-20-6-9-8(23-24(19,25)21-2)5-10(22-9)17-4-3-7-11(17)15-13(14)16-12(7)18/h3-4,8-10H,5-6H2,1-2H3,(H,19,25)(H3,14,15,16,18). The second-order valence-electron chi connectivity index (χ2n) is 5.53. The number of aromatic amines is 1. The summed E-state index contributed by atoms with van der Waals surface area (Å²) >= 11 is 3.89. The van der Waals surface area contributed by atoms with Gasteiger partial charge in [-0.3, -0.25) is 14.3 Å². The van der Waals surface area contributed by atoms with Crippen LogP contribution in [-0.4, -0.2) is 47.6 Å². The molecule has 1 fully saturated rings. The Hall–Kier alpha value is -1.36. The van der Waals surface area contributed by atoms with Crippen LogP contribution in [0.2, 0.25) is 0 Å². The minimum Gasteiger partial charge on any atom is -0.382 e. The van der Waals surface area contributed by atoms with Crippen LogP contribution in [0.4, 0.5) is 5.95 Å². The molecule has 2 aromatic rings. The number of rotatable bonds is 6. The predicted molar refractivity (Wildman–Crippen MR) is 93.6 cm³/mol. The van der Waals surface area contributed by atoms with Gasteiger partial charge in [-0.2, -0.15) is 4.98 Å². The van der Waals surface area contributed by atoms with E-state index in [9.17, 15) is 9.36 Å². The third-order valence-electron chi connectivity index (χ3n) is 3.92. The zero-order valence-corrected chi connectivity index (χ0v) is 15.4. The van der Waals surface area contributed by atoms with Crippen molar-refractivity contribution in [3.63, 3.8) is 0 Å². The number of ether oxygens (including phenoxy) is 2. The number of hydrogen-bond acceptors (Lipinski definition) is 8. The van der Waals surface area contributed by atoms with Gasteiger partial charge in [0.1, 0.15) is 18.4 Å². The first-order valence-corrected chi connectivity index (χ1v) is 10.1. The maximum Gasteiger partial charge on any atom is 0.386 e. The average Bonchev–Trinajstić information content (AvgIpc) is 3.12. The molecule has 138 valence electrons.